The number of carbonyl (C=O) groups is 2. The zero-order chi connectivity index (χ0) is 28.7. The highest BCUT2D eigenvalue weighted by Gasteiger charge is 2.34. The molecule has 4 rings (SSSR count). The van der Waals surface area contributed by atoms with Crippen LogP contribution in [0.5, 0.6) is 0 Å². The molecule has 3 aromatic rings. The topological polar surface area (TPSA) is 86.8 Å². The lowest BCUT2D eigenvalue weighted by Gasteiger charge is -2.34. The first-order chi connectivity index (χ1) is 19.2. The average Bonchev–Trinajstić information content (AvgIpc) is 3.45. The summed E-state index contributed by atoms with van der Waals surface area (Å²) in [5, 5.41) is 3.14. The monoisotopic (exact) mass is 673 g/mol. The van der Waals surface area contributed by atoms with Crippen LogP contribution < -0.4 is 9.62 Å². The number of nitrogens with one attached hydrogen (secondary N) is 1. The van der Waals surface area contributed by atoms with Gasteiger partial charge in [0.2, 0.25) is 11.8 Å². The summed E-state index contributed by atoms with van der Waals surface area (Å²) >= 11 is 2.16. The van der Waals surface area contributed by atoms with Gasteiger partial charge in [-0.3, -0.25) is 13.9 Å². The van der Waals surface area contributed by atoms with Crippen LogP contribution in [0.4, 0.5) is 5.69 Å². The molecule has 1 atom stereocenters. The number of rotatable bonds is 11. The van der Waals surface area contributed by atoms with Crippen LogP contribution >= 0.6 is 22.6 Å². The van der Waals surface area contributed by atoms with Crippen LogP contribution in [0.1, 0.15) is 50.2 Å². The summed E-state index contributed by atoms with van der Waals surface area (Å²) in [7, 11) is -4.06. The third-order valence-electron chi connectivity index (χ3n) is 7.25. The van der Waals surface area contributed by atoms with Crippen LogP contribution in [-0.2, 0) is 26.2 Å². The van der Waals surface area contributed by atoms with Gasteiger partial charge < -0.3 is 10.2 Å². The standard InChI is InChI=1S/C31H36IN3O4S/c1-3-29(31(37)33-26-12-7-8-13-26)34(21-24-11-9-10-23(2)20-24)30(36)22-35(27-18-16-25(32)17-19-27)40(38,39)28-14-5-4-6-15-28/h4-6,9-11,14-20,26,29H,3,7-8,12-13,21-22H2,1-2H3,(H,33,37)/t29-/m0/s1. The molecule has 0 radical (unpaired) electrons. The predicted octanol–water partition coefficient (Wildman–Crippen LogP) is 5.66. The maximum atomic E-state index is 14.1. The van der Waals surface area contributed by atoms with Gasteiger partial charge in [-0.1, -0.05) is 67.8 Å². The van der Waals surface area contributed by atoms with Crippen molar-refractivity contribution in [2.75, 3.05) is 10.8 Å². The Hall–Kier alpha value is -2.92. The Balaban J connectivity index is 1.70. The van der Waals surface area contributed by atoms with E-state index in [1.54, 1.807) is 35.2 Å². The van der Waals surface area contributed by atoms with Gasteiger partial charge in [-0.15, -0.1) is 0 Å². The van der Waals surface area contributed by atoms with E-state index in [2.05, 4.69) is 27.9 Å². The van der Waals surface area contributed by atoms with Crippen LogP contribution in [0, 0.1) is 10.5 Å². The Kier molecular flexibility index (Phi) is 10.2. The Morgan fingerprint density at radius 2 is 1.65 bits per heavy atom. The molecule has 3 aromatic carbocycles. The van der Waals surface area contributed by atoms with Crippen molar-refractivity contribution in [3.63, 3.8) is 0 Å². The maximum Gasteiger partial charge on any atom is 0.264 e. The molecule has 0 saturated heterocycles. The average molecular weight is 674 g/mol. The fourth-order valence-electron chi connectivity index (χ4n) is 5.15. The molecule has 0 aromatic heterocycles. The van der Waals surface area contributed by atoms with Gasteiger partial charge in [-0.2, -0.15) is 0 Å². The second-order valence-corrected chi connectivity index (χ2v) is 13.3. The lowest BCUT2D eigenvalue weighted by molar-refractivity contribution is -0.140. The van der Waals surface area contributed by atoms with E-state index in [0.717, 1.165) is 44.7 Å². The SMILES string of the molecule is CC[C@@H](C(=O)NC1CCCC1)N(Cc1cccc(C)c1)C(=O)CN(c1ccc(I)cc1)S(=O)(=O)c1ccccc1. The number of hydrogen-bond acceptors (Lipinski definition) is 4. The summed E-state index contributed by atoms with van der Waals surface area (Å²) in [6.45, 7) is 3.62. The number of anilines is 1. The van der Waals surface area contributed by atoms with Crippen molar-refractivity contribution in [1.82, 2.24) is 10.2 Å². The number of nitrogens with zero attached hydrogens (tertiary/aromatic N) is 2. The number of halogens is 1. The first kappa shape index (κ1) is 30.0. The smallest absolute Gasteiger partial charge is 0.264 e. The lowest BCUT2D eigenvalue weighted by atomic mass is 10.1. The number of carbonyl (C=O) groups excluding carboxylic acids is 2. The molecule has 0 bridgehead atoms. The van der Waals surface area contributed by atoms with E-state index in [9.17, 15) is 18.0 Å². The number of aryl methyl sites for hydroxylation is 1. The highest BCUT2D eigenvalue weighted by Crippen LogP contribution is 2.26. The van der Waals surface area contributed by atoms with Crippen molar-refractivity contribution in [1.29, 1.82) is 0 Å². The molecule has 7 nitrogen and oxygen atoms in total. The second kappa shape index (κ2) is 13.6. The molecule has 9 heteroatoms. The summed E-state index contributed by atoms with van der Waals surface area (Å²) in [6.07, 6.45) is 4.44. The first-order valence-corrected chi connectivity index (χ1v) is 16.2. The zero-order valence-corrected chi connectivity index (χ0v) is 25.9. The van der Waals surface area contributed by atoms with E-state index in [1.807, 2.05) is 50.2 Å². The minimum absolute atomic E-state index is 0.0950. The van der Waals surface area contributed by atoms with Gasteiger partial charge in [0.1, 0.15) is 12.6 Å². The van der Waals surface area contributed by atoms with E-state index in [0.29, 0.717) is 12.1 Å². The van der Waals surface area contributed by atoms with Crippen LogP contribution in [0.2, 0.25) is 0 Å². The van der Waals surface area contributed by atoms with Crippen LogP contribution in [0.15, 0.2) is 83.8 Å². The molecule has 0 unspecified atom stereocenters. The predicted molar refractivity (Wildman–Crippen MR) is 166 cm³/mol. The Labute approximate surface area is 251 Å². The summed E-state index contributed by atoms with van der Waals surface area (Å²) in [6, 6.07) is 22.3. The minimum Gasteiger partial charge on any atom is -0.352 e. The first-order valence-electron chi connectivity index (χ1n) is 13.7. The molecule has 0 spiro atoms. The third-order valence-corrected chi connectivity index (χ3v) is 9.75. The molecule has 0 heterocycles. The second-order valence-electron chi connectivity index (χ2n) is 10.2. The normalized spacial score (nSPS) is 14.5. The van der Waals surface area contributed by atoms with Gasteiger partial charge >= 0.3 is 0 Å². The van der Waals surface area contributed by atoms with Gasteiger partial charge in [-0.25, -0.2) is 8.42 Å². The van der Waals surface area contributed by atoms with Gasteiger partial charge in [0, 0.05) is 16.2 Å². The fraction of sp³-hybridized carbons (Fsp3) is 0.355. The number of benzene rings is 3. The van der Waals surface area contributed by atoms with Crippen molar-refractivity contribution in [3.05, 3.63) is 93.6 Å². The quantitative estimate of drug-likeness (QED) is 0.266. The molecule has 1 aliphatic carbocycles. The van der Waals surface area contributed by atoms with Crippen LogP contribution in [0.3, 0.4) is 0 Å². The zero-order valence-electron chi connectivity index (χ0n) is 22.9. The van der Waals surface area contributed by atoms with E-state index in [1.165, 1.54) is 12.1 Å². The van der Waals surface area contributed by atoms with E-state index in [4.69, 9.17) is 0 Å². The summed E-state index contributed by atoms with van der Waals surface area (Å²) in [5.41, 5.74) is 2.31. The molecule has 0 aliphatic heterocycles. The fourth-order valence-corrected chi connectivity index (χ4v) is 6.94. The third kappa shape index (κ3) is 7.42. The van der Waals surface area contributed by atoms with Crippen LogP contribution in [0.25, 0.3) is 0 Å². The molecule has 40 heavy (non-hydrogen) atoms. The molecule has 1 aliphatic rings. The van der Waals surface area contributed by atoms with Gasteiger partial charge in [-0.05, 0) is 90.7 Å². The molecular weight excluding hydrogens is 637 g/mol. The molecule has 1 saturated carbocycles. The van der Waals surface area contributed by atoms with E-state index < -0.39 is 28.5 Å². The van der Waals surface area contributed by atoms with E-state index >= 15 is 0 Å². The molecule has 1 fully saturated rings. The number of sulfonamides is 1. The Morgan fingerprint density at radius 3 is 2.27 bits per heavy atom. The van der Waals surface area contributed by atoms with Crippen molar-refractivity contribution in [3.8, 4) is 0 Å². The lowest BCUT2D eigenvalue weighted by Crippen LogP contribution is -2.53. The van der Waals surface area contributed by atoms with Crippen molar-refractivity contribution in [2.24, 2.45) is 0 Å². The highest BCUT2D eigenvalue weighted by molar-refractivity contribution is 14.1. The minimum atomic E-state index is -4.06. The molecule has 212 valence electrons. The molecular formula is C31H36IN3O4S. The number of hydrogen-bond donors (Lipinski definition) is 1. The summed E-state index contributed by atoms with van der Waals surface area (Å²) in [4.78, 5) is 29.3. The van der Waals surface area contributed by atoms with Gasteiger partial charge in [0.15, 0.2) is 0 Å². The van der Waals surface area contributed by atoms with Gasteiger partial charge in [0.05, 0.1) is 10.6 Å². The van der Waals surface area contributed by atoms with Crippen molar-refractivity contribution < 1.29 is 18.0 Å². The van der Waals surface area contributed by atoms with E-state index in [-0.39, 0.29) is 23.4 Å². The molecule has 1 N–H and O–H groups in total. The highest BCUT2D eigenvalue weighted by atomic mass is 127. The van der Waals surface area contributed by atoms with Crippen LogP contribution in [-0.4, -0.2) is 43.8 Å². The molecule has 2 amide bonds. The summed E-state index contributed by atoms with van der Waals surface area (Å²) < 4.78 is 29.8. The van der Waals surface area contributed by atoms with Crippen molar-refractivity contribution in [2.45, 2.75) is 69.5 Å². The maximum absolute atomic E-state index is 14.1. The Bertz CT molecular complexity index is 1410. The summed E-state index contributed by atoms with van der Waals surface area (Å²) in [5.74, 6) is -0.630. The largest absolute Gasteiger partial charge is 0.352 e. The number of amides is 2. The van der Waals surface area contributed by atoms with Crippen molar-refractivity contribution >= 4 is 50.1 Å². The Morgan fingerprint density at radius 1 is 0.975 bits per heavy atom. The van der Waals surface area contributed by atoms with Gasteiger partial charge in [0.25, 0.3) is 10.0 Å².